The van der Waals surface area contributed by atoms with Crippen molar-refractivity contribution < 1.29 is 4.79 Å². The van der Waals surface area contributed by atoms with Gasteiger partial charge >= 0.3 is 0 Å². The number of carbonyl (C=O) groups excluding carboxylic acids is 1. The number of nitrogens with one attached hydrogen (secondary N) is 2. The number of aromatic nitrogens is 1. The number of hydrogen-bond donors (Lipinski definition) is 2. The van der Waals surface area contributed by atoms with Gasteiger partial charge < -0.3 is 9.88 Å². The molecule has 0 bridgehead atoms. The van der Waals surface area contributed by atoms with Crippen molar-refractivity contribution in [2.75, 3.05) is 0 Å². The number of rotatable bonds is 2. The zero-order chi connectivity index (χ0) is 16.7. The van der Waals surface area contributed by atoms with Gasteiger partial charge in [0.15, 0.2) is 5.11 Å². The molecule has 23 heavy (non-hydrogen) atoms. The maximum Gasteiger partial charge on any atom is 0.273 e. The van der Waals surface area contributed by atoms with Gasteiger partial charge in [-0.2, -0.15) is 0 Å². The highest BCUT2D eigenvalue weighted by Gasteiger charge is 2.21. The van der Waals surface area contributed by atoms with Gasteiger partial charge in [0, 0.05) is 17.1 Å². The maximum atomic E-state index is 11.8. The Labute approximate surface area is 141 Å². The minimum atomic E-state index is -0.189. The van der Waals surface area contributed by atoms with Crippen LogP contribution in [0.3, 0.4) is 0 Å². The van der Waals surface area contributed by atoms with Crippen LogP contribution in [0.1, 0.15) is 28.1 Å². The van der Waals surface area contributed by atoms with Gasteiger partial charge in [-0.3, -0.25) is 10.1 Å². The second-order valence-electron chi connectivity index (χ2n) is 5.90. The molecule has 2 heterocycles. The average Bonchev–Trinajstić information content (AvgIpc) is 2.93. The van der Waals surface area contributed by atoms with E-state index in [2.05, 4.69) is 67.2 Å². The van der Waals surface area contributed by atoms with E-state index in [1.54, 1.807) is 0 Å². The Balaban J connectivity index is 2.06. The summed E-state index contributed by atoms with van der Waals surface area (Å²) < 4.78 is 2.20. The molecule has 1 aromatic heterocycles. The summed E-state index contributed by atoms with van der Waals surface area (Å²) in [5, 5.41) is 5.82. The number of aryl methyl sites for hydroxylation is 3. The molecule has 0 unspecified atom stereocenters. The molecule has 2 aromatic rings. The van der Waals surface area contributed by atoms with E-state index in [-0.39, 0.29) is 5.91 Å². The van der Waals surface area contributed by atoms with Gasteiger partial charge in [0.2, 0.25) is 0 Å². The van der Waals surface area contributed by atoms with Crippen LogP contribution in [0.4, 0.5) is 0 Å². The third kappa shape index (κ3) is 2.80. The standard InChI is InChI=1S/C18H19N3OS/c1-10-5-6-15(7-11(10)2)21-12(3)8-14(13(21)4)9-16-17(22)20-18(23)19-16/h5-9H,1-4H3,(H2,19,20,22,23). The van der Waals surface area contributed by atoms with Crippen molar-refractivity contribution in [1.82, 2.24) is 15.2 Å². The Bertz CT molecular complexity index is 861. The Morgan fingerprint density at radius 3 is 2.39 bits per heavy atom. The molecule has 5 heteroatoms. The molecule has 0 atom stereocenters. The Morgan fingerprint density at radius 2 is 1.78 bits per heavy atom. The van der Waals surface area contributed by atoms with Crippen LogP contribution in [0.15, 0.2) is 30.0 Å². The van der Waals surface area contributed by atoms with Gasteiger partial charge in [0.1, 0.15) is 5.70 Å². The van der Waals surface area contributed by atoms with E-state index < -0.39 is 0 Å². The summed E-state index contributed by atoms with van der Waals surface area (Å²) >= 11 is 4.97. The van der Waals surface area contributed by atoms with Crippen LogP contribution in [0.5, 0.6) is 0 Å². The molecule has 0 aliphatic carbocycles. The molecule has 0 spiro atoms. The largest absolute Gasteiger partial charge is 0.328 e. The van der Waals surface area contributed by atoms with E-state index in [4.69, 9.17) is 12.2 Å². The molecule has 2 N–H and O–H groups in total. The summed E-state index contributed by atoms with van der Waals surface area (Å²) in [4.78, 5) is 11.8. The van der Waals surface area contributed by atoms with Crippen LogP contribution in [0.25, 0.3) is 11.8 Å². The Morgan fingerprint density at radius 1 is 1.04 bits per heavy atom. The maximum absolute atomic E-state index is 11.8. The Hall–Kier alpha value is -2.40. The highest BCUT2D eigenvalue weighted by atomic mass is 32.1. The van der Waals surface area contributed by atoms with Gasteiger partial charge in [0.05, 0.1) is 0 Å². The molecular formula is C18H19N3OS. The summed E-state index contributed by atoms with van der Waals surface area (Å²) in [6.07, 6.45) is 1.84. The van der Waals surface area contributed by atoms with E-state index in [1.807, 2.05) is 6.08 Å². The van der Waals surface area contributed by atoms with E-state index in [1.165, 1.54) is 11.1 Å². The first kappa shape index (κ1) is 15.5. The van der Waals surface area contributed by atoms with Crippen molar-refractivity contribution in [3.05, 3.63) is 58.0 Å². The normalized spacial score (nSPS) is 15.9. The van der Waals surface area contributed by atoms with Crippen LogP contribution in [0.2, 0.25) is 0 Å². The van der Waals surface area contributed by atoms with Crippen molar-refractivity contribution in [3.8, 4) is 5.69 Å². The predicted octanol–water partition coefficient (Wildman–Crippen LogP) is 3.06. The van der Waals surface area contributed by atoms with Gasteiger partial charge in [0.25, 0.3) is 5.91 Å². The van der Waals surface area contributed by atoms with E-state index in [0.717, 1.165) is 22.6 Å². The van der Waals surface area contributed by atoms with Crippen molar-refractivity contribution in [2.45, 2.75) is 27.7 Å². The molecule has 3 rings (SSSR count). The number of hydrogen-bond acceptors (Lipinski definition) is 2. The van der Waals surface area contributed by atoms with E-state index in [0.29, 0.717) is 10.8 Å². The first-order valence-corrected chi connectivity index (χ1v) is 7.88. The van der Waals surface area contributed by atoms with Crippen LogP contribution < -0.4 is 10.6 Å². The van der Waals surface area contributed by atoms with Crippen molar-refractivity contribution >= 4 is 29.3 Å². The first-order chi connectivity index (χ1) is 10.9. The summed E-state index contributed by atoms with van der Waals surface area (Å²) in [6.45, 7) is 8.35. The second kappa shape index (κ2) is 5.66. The number of carbonyl (C=O) groups is 1. The molecule has 1 aliphatic rings. The summed E-state index contributed by atoms with van der Waals surface area (Å²) in [6, 6.07) is 8.51. The lowest BCUT2D eigenvalue weighted by atomic mass is 10.1. The minimum absolute atomic E-state index is 0.189. The molecule has 1 saturated heterocycles. The SMILES string of the molecule is Cc1ccc(-n2c(C)cc(C=C3NC(=S)NC3=O)c2C)cc1C. The lowest BCUT2D eigenvalue weighted by Gasteiger charge is -2.11. The molecule has 1 aliphatic heterocycles. The molecule has 1 amide bonds. The summed E-state index contributed by atoms with van der Waals surface area (Å²) in [5.41, 5.74) is 7.37. The summed E-state index contributed by atoms with van der Waals surface area (Å²) in [5.74, 6) is -0.189. The molecule has 4 nitrogen and oxygen atoms in total. The smallest absolute Gasteiger partial charge is 0.273 e. The minimum Gasteiger partial charge on any atom is -0.328 e. The molecule has 1 aromatic carbocycles. The fraction of sp³-hybridized carbons (Fsp3) is 0.222. The molecule has 0 radical (unpaired) electrons. The van der Waals surface area contributed by atoms with Crippen molar-refractivity contribution in [2.24, 2.45) is 0 Å². The lowest BCUT2D eigenvalue weighted by molar-refractivity contribution is -0.115. The summed E-state index contributed by atoms with van der Waals surface area (Å²) in [7, 11) is 0. The van der Waals surface area contributed by atoms with Crippen LogP contribution in [0, 0.1) is 27.7 Å². The highest BCUT2D eigenvalue weighted by molar-refractivity contribution is 7.80. The van der Waals surface area contributed by atoms with Gasteiger partial charge in [-0.15, -0.1) is 0 Å². The van der Waals surface area contributed by atoms with Crippen molar-refractivity contribution in [3.63, 3.8) is 0 Å². The zero-order valence-corrected chi connectivity index (χ0v) is 14.5. The monoisotopic (exact) mass is 325 g/mol. The number of nitrogens with zero attached hydrogens (tertiary/aromatic N) is 1. The number of thiocarbonyl (C=S) groups is 1. The Kier molecular flexibility index (Phi) is 3.82. The average molecular weight is 325 g/mol. The highest BCUT2D eigenvalue weighted by Crippen LogP contribution is 2.24. The van der Waals surface area contributed by atoms with Gasteiger partial charge in [-0.05, 0) is 80.9 Å². The zero-order valence-electron chi connectivity index (χ0n) is 13.7. The third-order valence-electron chi connectivity index (χ3n) is 4.24. The first-order valence-electron chi connectivity index (χ1n) is 7.47. The fourth-order valence-corrected chi connectivity index (χ4v) is 3.04. The molecule has 118 valence electrons. The molecule has 1 fully saturated rings. The molecule has 0 saturated carbocycles. The topological polar surface area (TPSA) is 46.1 Å². The van der Waals surface area contributed by atoms with E-state index in [9.17, 15) is 4.79 Å². The van der Waals surface area contributed by atoms with Crippen molar-refractivity contribution in [1.29, 1.82) is 0 Å². The predicted molar refractivity (Wildman–Crippen MR) is 96.6 cm³/mol. The van der Waals surface area contributed by atoms with Crippen LogP contribution in [-0.2, 0) is 4.79 Å². The molecular weight excluding hydrogens is 306 g/mol. The second-order valence-corrected chi connectivity index (χ2v) is 6.30. The van der Waals surface area contributed by atoms with Gasteiger partial charge in [-0.25, -0.2) is 0 Å². The fourth-order valence-electron chi connectivity index (χ4n) is 2.83. The van der Waals surface area contributed by atoms with Crippen LogP contribution in [-0.4, -0.2) is 15.6 Å². The van der Waals surface area contributed by atoms with E-state index >= 15 is 0 Å². The number of amides is 1. The number of benzene rings is 1. The van der Waals surface area contributed by atoms with Gasteiger partial charge in [-0.1, -0.05) is 6.07 Å². The lowest BCUT2D eigenvalue weighted by Crippen LogP contribution is -2.21. The van der Waals surface area contributed by atoms with Crippen LogP contribution >= 0.6 is 12.2 Å². The quantitative estimate of drug-likeness (QED) is 0.659. The third-order valence-corrected chi connectivity index (χ3v) is 4.44.